The van der Waals surface area contributed by atoms with Crippen molar-refractivity contribution in [3.8, 4) is 5.75 Å². The lowest BCUT2D eigenvalue weighted by atomic mass is 9.97. The van der Waals surface area contributed by atoms with Crippen molar-refractivity contribution in [2.45, 2.75) is 25.7 Å². The molecule has 28 heavy (non-hydrogen) atoms. The van der Waals surface area contributed by atoms with E-state index < -0.39 is 0 Å². The van der Waals surface area contributed by atoms with E-state index in [2.05, 4.69) is 23.0 Å². The highest BCUT2D eigenvalue weighted by Gasteiger charge is 2.28. The van der Waals surface area contributed by atoms with Crippen molar-refractivity contribution >= 4 is 22.8 Å². The summed E-state index contributed by atoms with van der Waals surface area (Å²) < 4.78 is 7.57. The molecule has 0 spiro atoms. The number of para-hydroxylation sites is 3. The van der Waals surface area contributed by atoms with Gasteiger partial charge in [0, 0.05) is 26.1 Å². The van der Waals surface area contributed by atoms with E-state index in [0.717, 1.165) is 47.5 Å². The number of imidazole rings is 1. The third kappa shape index (κ3) is 3.30. The molecule has 0 radical (unpaired) electrons. The predicted molar refractivity (Wildman–Crippen MR) is 111 cm³/mol. The third-order valence-electron chi connectivity index (χ3n) is 5.58. The van der Waals surface area contributed by atoms with Crippen molar-refractivity contribution in [2.24, 2.45) is 7.05 Å². The fourth-order valence-electron chi connectivity index (χ4n) is 4.06. The minimum Gasteiger partial charge on any atom is -0.495 e. The van der Waals surface area contributed by atoms with Gasteiger partial charge in [-0.25, -0.2) is 9.78 Å². The van der Waals surface area contributed by atoms with Gasteiger partial charge in [-0.2, -0.15) is 0 Å². The zero-order chi connectivity index (χ0) is 19.7. The van der Waals surface area contributed by atoms with Crippen molar-refractivity contribution < 1.29 is 9.53 Å². The first-order valence-corrected chi connectivity index (χ1v) is 9.69. The van der Waals surface area contributed by atoms with Gasteiger partial charge in [0.1, 0.15) is 11.6 Å². The maximum Gasteiger partial charge on any atom is 0.321 e. The molecule has 2 amide bonds. The Morgan fingerprint density at radius 1 is 1.21 bits per heavy atom. The number of nitrogens with one attached hydrogen (secondary N) is 1. The average molecular weight is 378 g/mol. The number of methoxy groups -OCH3 is 1. The highest BCUT2D eigenvalue weighted by Crippen LogP contribution is 2.31. The van der Waals surface area contributed by atoms with Crippen LogP contribution in [0.5, 0.6) is 5.75 Å². The van der Waals surface area contributed by atoms with Gasteiger partial charge in [-0.1, -0.05) is 24.3 Å². The number of aromatic nitrogens is 2. The van der Waals surface area contributed by atoms with Gasteiger partial charge in [0.15, 0.2) is 0 Å². The number of piperidine rings is 1. The van der Waals surface area contributed by atoms with E-state index >= 15 is 0 Å². The van der Waals surface area contributed by atoms with Crippen molar-refractivity contribution in [1.29, 1.82) is 0 Å². The van der Waals surface area contributed by atoms with Crippen LogP contribution in [0.4, 0.5) is 10.5 Å². The molecule has 1 fully saturated rings. The molecule has 1 aliphatic rings. The maximum absolute atomic E-state index is 13.0. The van der Waals surface area contributed by atoms with E-state index in [1.165, 1.54) is 0 Å². The van der Waals surface area contributed by atoms with Crippen LogP contribution >= 0.6 is 0 Å². The number of nitrogens with zero attached hydrogens (tertiary/aromatic N) is 3. The lowest BCUT2D eigenvalue weighted by molar-refractivity contribution is 0.191. The Morgan fingerprint density at radius 2 is 2.04 bits per heavy atom. The van der Waals surface area contributed by atoms with E-state index in [9.17, 15) is 4.79 Å². The Morgan fingerprint density at radius 3 is 2.82 bits per heavy atom. The molecule has 0 saturated carbocycles. The summed E-state index contributed by atoms with van der Waals surface area (Å²) in [6, 6.07) is 13.8. The molecule has 2 aromatic carbocycles. The van der Waals surface area contributed by atoms with Crippen molar-refractivity contribution in [1.82, 2.24) is 14.5 Å². The van der Waals surface area contributed by atoms with Crippen LogP contribution in [0.1, 0.15) is 30.1 Å². The summed E-state index contributed by atoms with van der Waals surface area (Å²) in [7, 11) is 3.68. The highest BCUT2D eigenvalue weighted by atomic mass is 16.5. The zero-order valence-corrected chi connectivity index (χ0v) is 16.6. The van der Waals surface area contributed by atoms with E-state index in [0.29, 0.717) is 12.3 Å². The molecular formula is C22H26N4O2. The van der Waals surface area contributed by atoms with Crippen molar-refractivity contribution in [3.63, 3.8) is 0 Å². The minimum atomic E-state index is -0.0870. The summed E-state index contributed by atoms with van der Waals surface area (Å²) in [4.78, 5) is 19.7. The van der Waals surface area contributed by atoms with Crippen LogP contribution in [-0.2, 0) is 7.05 Å². The average Bonchev–Trinajstić information content (AvgIpc) is 3.06. The standard InChI is InChI=1S/C22H26N4O2/c1-15-8-6-12-19(28-3)20(15)24-22(27)26-13-7-9-16(14-26)21-23-17-10-4-5-11-18(17)25(21)2/h4-6,8,10-12,16H,7,9,13-14H2,1-3H3,(H,24,27). The Bertz CT molecular complexity index is 1010. The first kappa shape index (κ1) is 18.3. The molecule has 6 nitrogen and oxygen atoms in total. The summed E-state index contributed by atoms with van der Waals surface area (Å²) in [6.07, 6.45) is 2.00. The summed E-state index contributed by atoms with van der Waals surface area (Å²) in [5.41, 5.74) is 3.85. The molecule has 1 N–H and O–H groups in total. The number of carbonyl (C=O) groups excluding carboxylic acids is 1. The van der Waals surface area contributed by atoms with Crippen LogP contribution in [0, 0.1) is 6.92 Å². The van der Waals surface area contributed by atoms with Crippen molar-refractivity contribution in [3.05, 3.63) is 53.9 Å². The predicted octanol–water partition coefficient (Wildman–Crippen LogP) is 4.30. The molecular weight excluding hydrogens is 352 g/mol. The van der Waals surface area contributed by atoms with Crippen LogP contribution in [0.3, 0.4) is 0 Å². The number of aryl methyl sites for hydroxylation is 2. The molecule has 1 aromatic heterocycles. The van der Waals surface area contributed by atoms with Crippen LogP contribution in [0.2, 0.25) is 0 Å². The number of urea groups is 1. The number of hydrogen-bond donors (Lipinski definition) is 1. The zero-order valence-electron chi connectivity index (χ0n) is 16.6. The first-order valence-electron chi connectivity index (χ1n) is 9.69. The molecule has 3 aromatic rings. The fraction of sp³-hybridized carbons (Fsp3) is 0.364. The molecule has 146 valence electrons. The SMILES string of the molecule is COc1cccc(C)c1NC(=O)N1CCCC(c2nc3ccccc3n2C)C1. The molecule has 1 saturated heterocycles. The highest BCUT2D eigenvalue weighted by molar-refractivity contribution is 5.92. The van der Waals surface area contributed by atoms with E-state index in [1.807, 2.05) is 48.2 Å². The van der Waals surface area contributed by atoms with Gasteiger partial charge in [-0.05, 0) is 43.5 Å². The van der Waals surface area contributed by atoms with E-state index in [1.54, 1.807) is 7.11 Å². The van der Waals surface area contributed by atoms with Gasteiger partial charge >= 0.3 is 6.03 Å². The number of carbonyl (C=O) groups is 1. The molecule has 1 atom stereocenters. The van der Waals surface area contributed by atoms with E-state index in [4.69, 9.17) is 9.72 Å². The number of hydrogen-bond acceptors (Lipinski definition) is 3. The molecule has 1 aliphatic heterocycles. The second kappa shape index (κ2) is 7.54. The normalized spacial score (nSPS) is 17.0. The molecule has 1 unspecified atom stereocenters. The number of rotatable bonds is 3. The topological polar surface area (TPSA) is 59.4 Å². The number of fused-ring (bicyclic) bond motifs is 1. The summed E-state index contributed by atoms with van der Waals surface area (Å²) >= 11 is 0. The largest absolute Gasteiger partial charge is 0.495 e. The summed E-state index contributed by atoms with van der Waals surface area (Å²) in [5, 5.41) is 3.05. The Hall–Kier alpha value is -3.02. The van der Waals surface area contributed by atoms with Crippen LogP contribution < -0.4 is 10.1 Å². The quantitative estimate of drug-likeness (QED) is 0.739. The van der Waals surface area contributed by atoms with Gasteiger partial charge in [0.25, 0.3) is 0 Å². The van der Waals surface area contributed by atoms with Gasteiger partial charge in [0.05, 0.1) is 23.8 Å². The molecule has 4 rings (SSSR count). The minimum absolute atomic E-state index is 0.0870. The monoisotopic (exact) mass is 378 g/mol. The summed E-state index contributed by atoms with van der Waals surface area (Å²) in [5.74, 6) is 1.96. The number of ether oxygens (including phenoxy) is 1. The second-order valence-corrected chi connectivity index (χ2v) is 7.39. The molecule has 0 bridgehead atoms. The molecule has 6 heteroatoms. The van der Waals surface area contributed by atoms with Crippen LogP contribution in [0.15, 0.2) is 42.5 Å². The lowest BCUT2D eigenvalue weighted by Gasteiger charge is -2.32. The van der Waals surface area contributed by atoms with Gasteiger partial charge in [0.2, 0.25) is 0 Å². The number of benzene rings is 2. The van der Waals surface area contributed by atoms with Gasteiger partial charge in [-0.3, -0.25) is 0 Å². The van der Waals surface area contributed by atoms with Gasteiger partial charge < -0.3 is 19.5 Å². The fourth-order valence-corrected chi connectivity index (χ4v) is 4.06. The van der Waals surface area contributed by atoms with Crippen LogP contribution in [0.25, 0.3) is 11.0 Å². The third-order valence-corrected chi connectivity index (χ3v) is 5.58. The van der Waals surface area contributed by atoms with E-state index in [-0.39, 0.29) is 11.9 Å². The second-order valence-electron chi connectivity index (χ2n) is 7.39. The Labute approximate surface area is 165 Å². The Balaban J connectivity index is 1.54. The molecule has 0 aliphatic carbocycles. The Kier molecular flexibility index (Phi) is 4.94. The van der Waals surface area contributed by atoms with Crippen molar-refractivity contribution in [2.75, 3.05) is 25.5 Å². The molecule has 2 heterocycles. The lowest BCUT2D eigenvalue weighted by Crippen LogP contribution is -2.42. The summed E-state index contributed by atoms with van der Waals surface area (Å²) in [6.45, 7) is 3.38. The number of likely N-dealkylation sites (tertiary alicyclic amines) is 1. The number of anilines is 1. The number of amides is 2. The smallest absolute Gasteiger partial charge is 0.321 e. The van der Waals surface area contributed by atoms with Gasteiger partial charge in [-0.15, -0.1) is 0 Å². The van der Waals surface area contributed by atoms with Crippen LogP contribution in [-0.4, -0.2) is 40.7 Å². The first-order chi connectivity index (χ1) is 13.6. The maximum atomic E-state index is 13.0.